The van der Waals surface area contributed by atoms with E-state index >= 15 is 0 Å². The molecule has 1 aromatic heterocycles. The predicted octanol–water partition coefficient (Wildman–Crippen LogP) is 0.740. The summed E-state index contributed by atoms with van der Waals surface area (Å²) in [5, 5.41) is 8.79. The van der Waals surface area contributed by atoms with Crippen LogP contribution < -0.4 is 5.73 Å². The highest BCUT2D eigenvalue weighted by Gasteiger charge is 1.99. The first-order chi connectivity index (χ1) is 4.20. The second kappa shape index (κ2) is 2.11. The standard InChI is InChI=1S/C6H10N2O/c1-4(7)5-2-3-6(9)8-5/h2-4,8-9H,7H2,1H3/t4-/m1/s1. The highest BCUT2D eigenvalue weighted by atomic mass is 16.3. The Kier molecular flexibility index (Phi) is 1.44. The van der Waals surface area contributed by atoms with Crippen LogP contribution in [0.2, 0.25) is 0 Å². The van der Waals surface area contributed by atoms with Crippen LogP contribution in [0, 0.1) is 0 Å². The van der Waals surface area contributed by atoms with Gasteiger partial charge in [0.2, 0.25) is 0 Å². The zero-order valence-electron chi connectivity index (χ0n) is 5.26. The van der Waals surface area contributed by atoms with E-state index in [4.69, 9.17) is 10.8 Å². The van der Waals surface area contributed by atoms with Crippen molar-refractivity contribution in [3.63, 3.8) is 0 Å². The van der Waals surface area contributed by atoms with Crippen LogP contribution in [0.3, 0.4) is 0 Å². The third-order valence-electron chi connectivity index (χ3n) is 1.18. The summed E-state index contributed by atoms with van der Waals surface area (Å²) in [4.78, 5) is 2.71. The molecule has 0 radical (unpaired) electrons. The number of H-pyrrole nitrogens is 1. The fourth-order valence-corrected chi connectivity index (χ4v) is 0.666. The van der Waals surface area contributed by atoms with Crippen LogP contribution in [0.4, 0.5) is 0 Å². The van der Waals surface area contributed by atoms with Gasteiger partial charge in [-0.2, -0.15) is 0 Å². The zero-order chi connectivity index (χ0) is 6.85. The summed E-state index contributed by atoms with van der Waals surface area (Å²) in [5.41, 5.74) is 6.34. The van der Waals surface area contributed by atoms with E-state index in [9.17, 15) is 0 Å². The van der Waals surface area contributed by atoms with Gasteiger partial charge in [-0.3, -0.25) is 0 Å². The first-order valence-electron chi connectivity index (χ1n) is 2.83. The smallest absolute Gasteiger partial charge is 0.188 e. The van der Waals surface area contributed by atoms with Crippen molar-refractivity contribution < 1.29 is 5.11 Å². The van der Waals surface area contributed by atoms with Gasteiger partial charge in [-0.25, -0.2) is 0 Å². The summed E-state index contributed by atoms with van der Waals surface area (Å²) in [6.07, 6.45) is 0. The second-order valence-corrected chi connectivity index (χ2v) is 2.09. The number of rotatable bonds is 1. The van der Waals surface area contributed by atoms with E-state index < -0.39 is 0 Å². The average molecular weight is 126 g/mol. The molecule has 1 heterocycles. The van der Waals surface area contributed by atoms with Crippen LogP contribution in [0.15, 0.2) is 12.1 Å². The fourth-order valence-electron chi connectivity index (χ4n) is 0.666. The summed E-state index contributed by atoms with van der Waals surface area (Å²) in [7, 11) is 0. The van der Waals surface area contributed by atoms with Crippen molar-refractivity contribution in [1.82, 2.24) is 4.98 Å². The number of aromatic amines is 1. The molecule has 0 bridgehead atoms. The molecule has 1 rings (SSSR count). The minimum Gasteiger partial charge on any atom is -0.495 e. The number of nitrogens with two attached hydrogens (primary N) is 1. The van der Waals surface area contributed by atoms with Gasteiger partial charge in [0.25, 0.3) is 0 Å². The molecule has 50 valence electrons. The Balaban J connectivity index is 2.85. The van der Waals surface area contributed by atoms with E-state index in [0.717, 1.165) is 5.69 Å². The molecule has 1 atom stereocenters. The number of nitrogens with one attached hydrogen (secondary N) is 1. The van der Waals surface area contributed by atoms with Gasteiger partial charge in [-0.1, -0.05) is 0 Å². The highest BCUT2D eigenvalue weighted by molar-refractivity contribution is 5.18. The van der Waals surface area contributed by atoms with E-state index in [2.05, 4.69) is 4.98 Å². The Hall–Kier alpha value is -0.960. The highest BCUT2D eigenvalue weighted by Crippen LogP contribution is 2.12. The molecule has 0 fully saturated rings. The van der Waals surface area contributed by atoms with Crippen LogP contribution in [0.25, 0.3) is 0 Å². The lowest BCUT2D eigenvalue weighted by molar-refractivity contribution is 0.454. The molecule has 1 aromatic rings. The topological polar surface area (TPSA) is 62.0 Å². The van der Waals surface area contributed by atoms with E-state index in [0.29, 0.717) is 0 Å². The van der Waals surface area contributed by atoms with Crippen molar-refractivity contribution in [2.45, 2.75) is 13.0 Å². The molecule has 0 unspecified atom stereocenters. The molecule has 0 spiro atoms. The number of aromatic nitrogens is 1. The van der Waals surface area contributed by atoms with Gasteiger partial charge in [-0.05, 0) is 19.1 Å². The summed E-state index contributed by atoms with van der Waals surface area (Å²) in [5.74, 6) is 0.169. The molecule has 0 aliphatic rings. The Morgan fingerprint density at radius 3 is 2.56 bits per heavy atom. The maximum Gasteiger partial charge on any atom is 0.188 e. The van der Waals surface area contributed by atoms with Crippen molar-refractivity contribution in [2.24, 2.45) is 5.73 Å². The zero-order valence-corrected chi connectivity index (χ0v) is 5.26. The Bertz CT molecular complexity index is 193. The third-order valence-corrected chi connectivity index (χ3v) is 1.18. The number of aromatic hydroxyl groups is 1. The van der Waals surface area contributed by atoms with Crippen molar-refractivity contribution in [2.75, 3.05) is 0 Å². The summed E-state index contributed by atoms with van der Waals surface area (Å²) < 4.78 is 0. The molecule has 0 saturated carbocycles. The Morgan fingerprint density at radius 2 is 2.33 bits per heavy atom. The van der Waals surface area contributed by atoms with Gasteiger partial charge in [-0.15, -0.1) is 0 Å². The summed E-state index contributed by atoms with van der Waals surface area (Å²) in [6, 6.07) is 3.31. The molecule has 0 aliphatic carbocycles. The monoisotopic (exact) mass is 126 g/mol. The lowest BCUT2D eigenvalue weighted by Gasteiger charge is -1.98. The van der Waals surface area contributed by atoms with Crippen LogP contribution in [-0.4, -0.2) is 10.1 Å². The second-order valence-electron chi connectivity index (χ2n) is 2.09. The normalized spacial score (nSPS) is 13.6. The molecule has 9 heavy (non-hydrogen) atoms. The lowest BCUT2D eigenvalue weighted by atomic mass is 10.3. The molecule has 3 heteroatoms. The molecule has 0 aliphatic heterocycles. The molecule has 4 N–H and O–H groups in total. The Morgan fingerprint density at radius 1 is 1.67 bits per heavy atom. The van der Waals surface area contributed by atoms with Gasteiger partial charge in [0.1, 0.15) is 0 Å². The lowest BCUT2D eigenvalue weighted by Crippen LogP contribution is -2.04. The van der Waals surface area contributed by atoms with Crippen LogP contribution in [0.1, 0.15) is 18.7 Å². The molecular formula is C6H10N2O. The van der Waals surface area contributed by atoms with Crippen molar-refractivity contribution in [1.29, 1.82) is 0 Å². The molecule has 0 amide bonds. The molecule has 0 saturated heterocycles. The molecular weight excluding hydrogens is 116 g/mol. The first kappa shape index (κ1) is 6.16. The summed E-state index contributed by atoms with van der Waals surface area (Å²) in [6.45, 7) is 1.85. The predicted molar refractivity (Wildman–Crippen MR) is 35.1 cm³/mol. The quantitative estimate of drug-likeness (QED) is 0.519. The maximum atomic E-state index is 8.79. The van der Waals surface area contributed by atoms with Crippen molar-refractivity contribution in [3.05, 3.63) is 17.8 Å². The number of hydrogen-bond donors (Lipinski definition) is 3. The SMILES string of the molecule is C[C@@H](N)c1ccc(O)[nH]1. The minimum atomic E-state index is -0.0362. The largest absolute Gasteiger partial charge is 0.495 e. The van der Waals surface area contributed by atoms with Crippen LogP contribution in [0.5, 0.6) is 5.88 Å². The number of hydrogen-bond acceptors (Lipinski definition) is 2. The first-order valence-corrected chi connectivity index (χ1v) is 2.83. The minimum absolute atomic E-state index is 0.0362. The van der Waals surface area contributed by atoms with Crippen molar-refractivity contribution >= 4 is 0 Å². The Labute approximate surface area is 53.5 Å². The van der Waals surface area contributed by atoms with Crippen molar-refractivity contribution in [3.8, 4) is 5.88 Å². The summed E-state index contributed by atoms with van der Waals surface area (Å²) >= 11 is 0. The van der Waals surface area contributed by atoms with Gasteiger partial charge in [0.05, 0.1) is 0 Å². The van der Waals surface area contributed by atoms with Gasteiger partial charge in [0, 0.05) is 11.7 Å². The van der Waals surface area contributed by atoms with Gasteiger partial charge < -0.3 is 15.8 Å². The van der Waals surface area contributed by atoms with E-state index in [1.54, 1.807) is 12.1 Å². The fraction of sp³-hybridized carbons (Fsp3) is 0.333. The van der Waals surface area contributed by atoms with E-state index in [1.165, 1.54) is 0 Å². The van der Waals surface area contributed by atoms with Crippen LogP contribution in [-0.2, 0) is 0 Å². The molecule has 0 aromatic carbocycles. The third kappa shape index (κ3) is 1.23. The maximum absolute atomic E-state index is 8.79. The van der Waals surface area contributed by atoms with Crippen LogP contribution >= 0.6 is 0 Å². The molecule has 3 nitrogen and oxygen atoms in total. The van der Waals surface area contributed by atoms with E-state index in [1.807, 2.05) is 6.92 Å². The average Bonchev–Trinajstić information content (AvgIpc) is 2.14. The van der Waals surface area contributed by atoms with E-state index in [-0.39, 0.29) is 11.9 Å². The van der Waals surface area contributed by atoms with Gasteiger partial charge in [0.15, 0.2) is 5.88 Å². The van der Waals surface area contributed by atoms with Gasteiger partial charge >= 0.3 is 0 Å².